The van der Waals surface area contributed by atoms with Crippen molar-refractivity contribution in [2.24, 2.45) is 0 Å². The summed E-state index contributed by atoms with van der Waals surface area (Å²) in [6.45, 7) is 4.31. The Bertz CT molecular complexity index is 1090. The zero-order valence-corrected chi connectivity index (χ0v) is 16.7. The molecule has 4 rings (SSSR count). The topological polar surface area (TPSA) is 84.7 Å². The second-order valence-corrected chi connectivity index (χ2v) is 7.36. The van der Waals surface area contributed by atoms with E-state index in [-0.39, 0.29) is 17.6 Å². The van der Waals surface area contributed by atoms with E-state index in [2.05, 4.69) is 11.4 Å². The number of nitrogens with zero attached hydrogens (tertiary/aromatic N) is 2. The highest BCUT2D eigenvalue weighted by Gasteiger charge is 2.23. The van der Waals surface area contributed by atoms with Crippen LogP contribution in [0.4, 0.5) is 11.4 Å². The molecule has 3 aromatic carbocycles. The number of non-ortho nitro benzene ring substituents is 1. The highest BCUT2D eigenvalue weighted by atomic mass is 16.6. The van der Waals surface area contributed by atoms with Gasteiger partial charge in [-0.15, -0.1) is 0 Å². The molecule has 1 amide bonds. The zero-order chi connectivity index (χ0) is 21.1. The highest BCUT2D eigenvalue weighted by molar-refractivity contribution is 6.00. The maximum absolute atomic E-state index is 13.1. The first-order valence-electron chi connectivity index (χ1n) is 9.93. The van der Waals surface area contributed by atoms with E-state index in [1.165, 1.54) is 12.1 Å². The second kappa shape index (κ2) is 8.51. The predicted molar refractivity (Wildman–Crippen MR) is 116 cm³/mol. The van der Waals surface area contributed by atoms with E-state index in [0.29, 0.717) is 37.6 Å². The van der Waals surface area contributed by atoms with Crippen LogP contribution in [0.2, 0.25) is 0 Å². The number of hydrogen-bond acceptors (Lipinski definition) is 5. The highest BCUT2D eigenvalue weighted by Crippen LogP contribution is 2.27. The molecule has 0 spiro atoms. The third kappa shape index (κ3) is 4.11. The Kier molecular flexibility index (Phi) is 5.63. The lowest BCUT2D eigenvalue weighted by Gasteiger charge is -2.30. The second-order valence-electron chi connectivity index (χ2n) is 7.36. The molecule has 1 aliphatic rings. The van der Waals surface area contributed by atoms with E-state index in [9.17, 15) is 14.9 Å². The van der Waals surface area contributed by atoms with Gasteiger partial charge in [0.25, 0.3) is 11.6 Å². The van der Waals surface area contributed by atoms with Gasteiger partial charge < -0.3 is 15.0 Å². The van der Waals surface area contributed by atoms with Crippen LogP contribution >= 0.6 is 0 Å². The summed E-state index contributed by atoms with van der Waals surface area (Å²) in [5.41, 5.74) is 1.86. The standard InChI is InChI=1S/C23H23N3O4/c1-16(18-7-6-17-4-2-3-5-19(17)14-18)24-23(27)21-15-20(26(28)29)8-9-22(21)25-10-12-30-13-11-25/h2-9,14-16H,10-13H2,1H3,(H,24,27). The maximum Gasteiger partial charge on any atom is 0.270 e. The van der Waals surface area contributed by atoms with Crippen molar-refractivity contribution in [1.29, 1.82) is 0 Å². The number of amides is 1. The minimum atomic E-state index is -0.480. The molecule has 1 fully saturated rings. The maximum atomic E-state index is 13.1. The van der Waals surface area contributed by atoms with Crippen LogP contribution in [-0.4, -0.2) is 37.1 Å². The number of carbonyl (C=O) groups excluding carboxylic acids is 1. The quantitative estimate of drug-likeness (QED) is 0.511. The third-order valence-corrected chi connectivity index (χ3v) is 5.41. The van der Waals surface area contributed by atoms with Gasteiger partial charge in [-0.25, -0.2) is 0 Å². The van der Waals surface area contributed by atoms with E-state index in [4.69, 9.17) is 4.74 Å². The van der Waals surface area contributed by atoms with Crippen LogP contribution in [0.3, 0.4) is 0 Å². The SMILES string of the molecule is CC(NC(=O)c1cc([N+](=O)[O-])ccc1N1CCOCC1)c1ccc2ccccc2c1. The summed E-state index contributed by atoms with van der Waals surface area (Å²) in [6.07, 6.45) is 0. The lowest BCUT2D eigenvalue weighted by atomic mass is 10.0. The molecule has 7 heteroatoms. The Balaban J connectivity index is 1.61. The van der Waals surface area contributed by atoms with Gasteiger partial charge in [-0.2, -0.15) is 0 Å². The molecule has 7 nitrogen and oxygen atoms in total. The van der Waals surface area contributed by atoms with Gasteiger partial charge in [-0.1, -0.05) is 36.4 Å². The van der Waals surface area contributed by atoms with Crippen LogP contribution in [0.15, 0.2) is 60.7 Å². The average Bonchev–Trinajstić information content (AvgIpc) is 2.78. The van der Waals surface area contributed by atoms with Gasteiger partial charge in [0.05, 0.1) is 35.4 Å². The van der Waals surface area contributed by atoms with Crippen molar-refractivity contribution in [3.63, 3.8) is 0 Å². The number of benzene rings is 3. The molecule has 0 aromatic heterocycles. The van der Waals surface area contributed by atoms with Gasteiger partial charge in [0, 0.05) is 25.2 Å². The Hall–Kier alpha value is -3.45. The lowest BCUT2D eigenvalue weighted by molar-refractivity contribution is -0.384. The molecule has 1 saturated heterocycles. The summed E-state index contributed by atoms with van der Waals surface area (Å²) < 4.78 is 5.39. The van der Waals surface area contributed by atoms with Crippen LogP contribution in [0.5, 0.6) is 0 Å². The molecule has 3 aromatic rings. The van der Waals surface area contributed by atoms with Gasteiger partial charge in [0.15, 0.2) is 0 Å². The molecule has 1 heterocycles. The Labute approximate surface area is 174 Å². The molecule has 154 valence electrons. The van der Waals surface area contributed by atoms with Gasteiger partial charge in [-0.3, -0.25) is 14.9 Å². The first-order valence-corrected chi connectivity index (χ1v) is 9.93. The summed E-state index contributed by atoms with van der Waals surface area (Å²) >= 11 is 0. The normalized spacial score (nSPS) is 15.0. The first-order chi connectivity index (χ1) is 14.5. The minimum Gasteiger partial charge on any atom is -0.378 e. The van der Waals surface area contributed by atoms with E-state index in [0.717, 1.165) is 16.3 Å². The van der Waals surface area contributed by atoms with E-state index < -0.39 is 4.92 Å². The number of carbonyl (C=O) groups is 1. The Morgan fingerprint density at radius 2 is 1.80 bits per heavy atom. The number of anilines is 1. The van der Waals surface area contributed by atoms with Crippen LogP contribution in [0, 0.1) is 10.1 Å². The van der Waals surface area contributed by atoms with E-state index in [1.54, 1.807) is 6.07 Å². The molecule has 30 heavy (non-hydrogen) atoms. The first kappa shape index (κ1) is 19.8. The average molecular weight is 405 g/mol. The number of hydrogen-bond donors (Lipinski definition) is 1. The van der Waals surface area contributed by atoms with Crippen molar-refractivity contribution < 1.29 is 14.5 Å². The monoisotopic (exact) mass is 405 g/mol. The predicted octanol–water partition coefficient (Wildman–Crippen LogP) is 4.08. The number of rotatable bonds is 5. The van der Waals surface area contributed by atoms with E-state index >= 15 is 0 Å². The molecule has 1 N–H and O–H groups in total. The van der Waals surface area contributed by atoms with Crippen LogP contribution in [0.1, 0.15) is 28.9 Å². The summed E-state index contributed by atoms with van der Waals surface area (Å²) in [5, 5.41) is 16.5. The number of nitro groups is 1. The molecule has 1 unspecified atom stereocenters. The molecule has 1 aliphatic heterocycles. The largest absolute Gasteiger partial charge is 0.378 e. The number of nitro benzene ring substituents is 1. The van der Waals surface area contributed by atoms with Crippen LogP contribution in [0.25, 0.3) is 10.8 Å². The summed E-state index contributed by atoms with van der Waals surface area (Å²) in [7, 11) is 0. The molecule has 0 aliphatic carbocycles. The molecular weight excluding hydrogens is 382 g/mol. The summed E-state index contributed by atoms with van der Waals surface area (Å²) in [6, 6.07) is 18.3. The van der Waals surface area contributed by atoms with Crippen LogP contribution in [-0.2, 0) is 4.74 Å². The summed E-state index contributed by atoms with van der Waals surface area (Å²) in [4.78, 5) is 26.0. The fraction of sp³-hybridized carbons (Fsp3) is 0.261. The third-order valence-electron chi connectivity index (χ3n) is 5.41. The van der Waals surface area contributed by atoms with Crippen molar-refractivity contribution in [3.8, 4) is 0 Å². The minimum absolute atomic E-state index is 0.101. The molecule has 0 bridgehead atoms. The fourth-order valence-electron chi connectivity index (χ4n) is 3.73. The number of ether oxygens (including phenoxy) is 1. The number of nitrogens with one attached hydrogen (secondary N) is 1. The van der Waals surface area contributed by atoms with Gasteiger partial charge in [0.2, 0.25) is 0 Å². The molecule has 0 saturated carbocycles. The number of fused-ring (bicyclic) bond motifs is 1. The van der Waals surface area contributed by atoms with Gasteiger partial charge >= 0.3 is 0 Å². The van der Waals surface area contributed by atoms with E-state index in [1.807, 2.05) is 48.2 Å². The van der Waals surface area contributed by atoms with Crippen molar-refractivity contribution in [3.05, 3.63) is 81.9 Å². The molecule has 0 radical (unpaired) electrons. The van der Waals surface area contributed by atoms with Crippen molar-refractivity contribution in [1.82, 2.24) is 5.32 Å². The summed E-state index contributed by atoms with van der Waals surface area (Å²) in [5.74, 6) is -0.333. The van der Waals surface area contributed by atoms with Gasteiger partial charge in [0.1, 0.15) is 0 Å². The molecule has 1 atom stereocenters. The molecular formula is C23H23N3O4. The Morgan fingerprint density at radius 3 is 2.53 bits per heavy atom. The smallest absolute Gasteiger partial charge is 0.270 e. The lowest BCUT2D eigenvalue weighted by Crippen LogP contribution is -2.38. The van der Waals surface area contributed by atoms with Gasteiger partial charge in [-0.05, 0) is 35.4 Å². The fourth-order valence-corrected chi connectivity index (χ4v) is 3.73. The number of morpholine rings is 1. The van der Waals surface area contributed by atoms with Crippen LogP contribution < -0.4 is 10.2 Å². The van der Waals surface area contributed by atoms with Crippen molar-refractivity contribution >= 4 is 28.1 Å². The van der Waals surface area contributed by atoms with Crippen molar-refractivity contribution in [2.45, 2.75) is 13.0 Å². The zero-order valence-electron chi connectivity index (χ0n) is 16.7. The van der Waals surface area contributed by atoms with Crippen molar-refractivity contribution in [2.75, 3.05) is 31.2 Å². The Morgan fingerprint density at radius 1 is 1.07 bits per heavy atom.